The molecular formula is C19H27N3O2. The standard InChI is InChI=1S/C19H27N3O2/c1-14(20-19(24)21-17-9-3-2-4-10-17)18(23)22-12-11-15-7-5-6-8-16(15)13-22/h5-8,14,17H,2-4,9-13H2,1H3,(H2,20,21,24)/t14-/m1/s1. The molecule has 0 radical (unpaired) electrons. The number of benzene rings is 1. The first-order valence-corrected chi connectivity index (χ1v) is 9.06. The molecule has 1 aromatic rings. The highest BCUT2D eigenvalue weighted by Crippen LogP contribution is 2.19. The summed E-state index contributed by atoms with van der Waals surface area (Å²) in [5.41, 5.74) is 2.52. The summed E-state index contributed by atoms with van der Waals surface area (Å²) in [5.74, 6) is -0.0108. The zero-order chi connectivity index (χ0) is 16.9. The number of carbonyl (C=O) groups excluding carboxylic acids is 2. The fourth-order valence-electron chi connectivity index (χ4n) is 3.69. The smallest absolute Gasteiger partial charge is 0.315 e. The van der Waals surface area contributed by atoms with Crippen LogP contribution in [0.3, 0.4) is 0 Å². The lowest BCUT2D eigenvalue weighted by molar-refractivity contribution is -0.133. The van der Waals surface area contributed by atoms with E-state index in [0.29, 0.717) is 13.1 Å². The van der Waals surface area contributed by atoms with E-state index < -0.39 is 6.04 Å². The van der Waals surface area contributed by atoms with Crippen molar-refractivity contribution < 1.29 is 9.59 Å². The minimum Gasteiger partial charge on any atom is -0.336 e. The van der Waals surface area contributed by atoms with Gasteiger partial charge in [-0.3, -0.25) is 4.79 Å². The van der Waals surface area contributed by atoms with Gasteiger partial charge in [0.25, 0.3) is 0 Å². The average molecular weight is 329 g/mol. The van der Waals surface area contributed by atoms with E-state index in [4.69, 9.17) is 0 Å². The van der Waals surface area contributed by atoms with E-state index in [1.807, 2.05) is 17.0 Å². The van der Waals surface area contributed by atoms with Crippen LogP contribution in [0.5, 0.6) is 0 Å². The quantitative estimate of drug-likeness (QED) is 0.895. The molecule has 0 saturated heterocycles. The van der Waals surface area contributed by atoms with Crippen LogP contribution in [-0.4, -0.2) is 35.5 Å². The number of fused-ring (bicyclic) bond motifs is 1. The van der Waals surface area contributed by atoms with Crippen molar-refractivity contribution in [2.24, 2.45) is 0 Å². The van der Waals surface area contributed by atoms with Gasteiger partial charge in [-0.15, -0.1) is 0 Å². The number of urea groups is 1. The summed E-state index contributed by atoms with van der Waals surface area (Å²) in [5, 5.41) is 5.81. The Hall–Kier alpha value is -2.04. The number of rotatable bonds is 3. The first-order chi connectivity index (χ1) is 11.6. The van der Waals surface area contributed by atoms with E-state index in [1.54, 1.807) is 6.92 Å². The summed E-state index contributed by atoms with van der Waals surface area (Å²) in [6, 6.07) is 7.77. The Balaban J connectivity index is 1.50. The second kappa shape index (κ2) is 7.69. The molecule has 1 saturated carbocycles. The maximum absolute atomic E-state index is 12.6. The Bertz CT molecular complexity index is 596. The number of amides is 3. The second-order valence-corrected chi connectivity index (χ2v) is 6.95. The Morgan fingerprint density at radius 3 is 2.58 bits per heavy atom. The van der Waals surface area contributed by atoms with Gasteiger partial charge < -0.3 is 15.5 Å². The minimum absolute atomic E-state index is 0.0108. The highest BCUT2D eigenvalue weighted by molar-refractivity contribution is 5.87. The van der Waals surface area contributed by atoms with Crippen LogP contribution in [-0.2, 0) is 17.8 Å². The fourth-order valence-corrected chi connectivity index (χ4v) is 3.69. The van der Waals surface area contributed by atoms with Crippen LogP contribution in [0.25, 0.3) is 0 Å². The summed E-state index contributed by atoms with van der Waals surface area (Å²) < 4.78 is 0. The number of nitrogens with zero attached hydrogens (tertiary/aromatic N) is 1. The molecule has 5 heteroatoms. The monoisotopic (exact) mass is 329 g/mol. The zero-order valence-corrected chi connectivity index (χ0v) is 14.4. The predicted octanol–water partition coefficient (Wildman–Crippen LogP) is 2.59. The molecule has 130 valence electrons. The van der Waals surface area contributed by atoms with E-state index in [0.717, 1.165) is 19.3 Å². The van der Waals surface area contributed by atoms with Crippen LogP contribution < -0.4 is 10.6 Å². The molecule has 1 atom stereocenters. The SMILES string of the molecule is C[C@@H](NC(=O)NC1CCCCC1)C(=O)N1CCc2ccccc2C1. The normalized spacial score (nSPS) is 19.3. The maximum Gasteiger partial charge on any atom is 0.315 e. The van der Waals surface area contributed by atoms with Gasteiger partial charge in [-0.1, -0.05) is 43.5 Å². The molecule has 0 bridgehead atoms. The third kappa shape index (κ3) is 4.08. The Morgan fingerprint density at radius 2 is 1.83 bits per heavy atom. The molecule has 1 heterocycles. The largest absolute Gasteiger partial charge is 0.336 e. The molecule has 2 N–H and O–H groups in total. The number of carbonyl (C=O) groups is 2. The van der Waals surface area contributed by atoms with Gasteiger partial charge in [0.05, 0.1) is 0 Å². The Labute approximate surface area is 143 Å². The van der Waals surface area contributed by atoms with Crippen LogP contribution in [0.15, 0.2) is 24.3 Å². The molecule has 2 aliphatic rings. The van der Waals surface area contributed by atoms with Crippen molar-refractivity contribution >= 4 is 11.9 Å². The Morgan fingerprint density at radius 1 is 1.12 bits per heavy atom. The summed E-state index contributed by atoms with van der Waals surface area (Å²) in [6.07, 6.45) is 6.56. The first kappa shape index (κ1) is 16.8. The molecule has 3 rings (SSSR count). The van der Waals surface area contributed by atoms with Crippen LogP contribution in [0.4, 0.5) is 4.79 Å². The van der Waals surface area contributed by atoms with Crippen molar-refractivity contribution in [3.8, 4) is 0 Å². The van der Waals surface area contributed by atoms with Crippen molar-refractivity contribution in [1.82, 2.24) is 15.5 Å². The molecule has 24 heavy (non-hydrogen) atoms. The Kier molecular flexibility index (Phi) is 5.38. The van der Waals surface area contributed by atoms with Gasteiger partial charge in [0.15, 0.2) is 0 Å². The number of nitrogens with one attached hydrogen (secondary N) is 2. The second-order valence-electron chi connectivity index (χ2n) is 6.95. The fraction of sp³-hybridized carbons (Fsp3) is 0.579. The van der Waals surface area contributed by atoms with Crippen molar-refractivity contribution in [2.45, 2.75) is 64.1 Å². The highest BCUT2D eigenvalue weighted by Gasteiger charge is 2.26. The molecule has 0 spiro atoms. The first-order valence-electron chi connectivity index (χ1n) is 9.06. The lowest BCUT2D eigenvalue weighted by Crippen LogP contribution is -2.52. The molecule has 5 nitrogen and oxygen atoms in total. The van der Waals surface area contributed by atoms with Gasteiger partial charge in [0.2, 0.25) is 5.91 Å². The molecule has 3 amide bonds. The van der Waals surface area contributed by atoms with Gasteiger partial charge in [0, 0.05) is 19.1 Å². The van der Waals surface area contributed by atoms with Gasteiger partial charge in [0.1, 0.15) is 6.04 Å². The molecule has 1 aliphatic heterocycles. The summed E-state index contributed by atoms with van der Waals surface area (Å²) >= 11 is 0. The van der Waals surface area contributed by atoms with Gasteiger partial charge >= 0.3 is 6.03 Å². The summed E-state index contributed by atoms with van der Waals surface area (Å²) in [6.45, 7) is 3.11. The molecular weight excluding hydrogens is 302 g/mol. The minimum atomic E-state index is -0.501. The van der Waals surface area contributed by atoms with Gasteiger partial charge in [-0.25, -0.2) is 4.79 Å². The molecule has 1 fully saturated rings. The van der Waals surface area contributed by atoms with Gasteiger partial charge in [-0.05, 0) is 37.3 Å². The van der Waals surface area contributed by atoms with Crippen LogP contribution in [0.2, 0.25) is 0 Å². The zero-order valence-electron chi connectivity index (χ0n) is 14.4. The van der Waals surface area contributed by atoms with E-state index in [2.05, 4.69) is 22.8 Å². The topological polar surface area (TPSA) is 61.4 Å². The van der Waals surface area contributed by atoms with E-state index >= 15 is 0 Å². The van der Waals surface area contributed by atoms with Crippen molar-refractivity contribution in [2.75, 3.05) is 6.54 Å². The lowest BCUT2D eigenvalue weighted by atomic mass is 9.96. The summed E-state index contributed by atoms with van der Waals surface area (Å²) in [4.78, 5) is 26.6. The van der Waals surface area contributed by atoms with Crippen LogP contribution in [0.1, 0.15) is 50.2 Å². The maximum atomic E-state index is 12.6. The van der Waals surface area contributed by atoms with Crippen molar-refractivity contribution in [3.63, 3.8) is 0 Å². The van der Waals surface area contributed by atoms with Crippen molar-refractivity contribution in [3.05, 3.63) is 35.4 Å². The van der Waals surface area contributed by atoms with Crippen LogP contribution >= 0.6 is 0 Å². The average Bonchev–Trinajstić information content (AvgIpc) is 2.61. The third-order valence-electron chi connectivity index (χ3n) is 5.10. The van der Waals surface area contributed by atoms with Crippen LogP contribution in [0, 0.1) is 0 Å². The number of hydrogen-bond donors (Lipinski definition) is 2. The molecule has 1 aromatic carbocycles. The number of hydrogen-bond acceptors (Lipinski definition) is 2. The van der Waals surface area contributed by atoms with E-state index in [1.165, 1.54) is 30.4 Å². The van der Waals surface area contributed by atoms with Crippen molar-refractivity contribution in [1.29, 1.82) is 0 Å². The third-order valence-corrected chi connectivity index (χ3v) is 5.10. The lowest BCUT2D eigenvalue weighted by Gasteiger charge is -2.31. The van der Waals surface area contributed by atoms with E-state index in [9.17, 15) is 9.59 Å². The highest BCUT2D eigenvalue weighted by atomic mass is 16.2. The molecule has 0 aromatic heterocycles. The predicted molar refractivity (Wildman–Crippen MR) is 93.6 cm³/mol. The molecule has 0 unspecified atom stereocenters. The summed E-state index contributed by atoms with van der Waals surface area (Å²) in [7, 11) is 0. The van der Waals surface area contributed by atoms with Gasteiger partial charge in [-0.2, -0.15) is 0 Å². The van der Waals surface area contributed by atoms with E-state index in [-0.39, 0.29) is 18.0 Å². The molecule has 1 aliphatic carbocycles.